The van der Waals surface area contributed by atoms with Crippen LogP contribution in [0.25, 0.3) is 10.2 Å². The van der Waals surface area contributed by atoms with E-state index in [-0.39, 0.29) is 24.4 Å². The van der Waals surface area contributed by atoms with E-state index in [2.05, 4.69) is 5.32 Å². The summed E-state index contributed by atoms with van der Waals surface area (Å²) < 4.78 is 2.91. The lowest BCUT2D eigenvalue weighted by atomic mass is 9.95. The zero-order valence-electron chi connectivity index (χ0n) is 16.8. The Labute approximate surface area is 175 Å². The summed E-state index contributed by atoms with van der Waals surface area (Å²) in [5, 5.41) is 5.20. The first-order chi connectivity index (χ1) is 14.2. The van der Waals surface area contributed by atoms with Gasteiger partial charge in [0.1, 0.15) is 12.2 Å². The largest absolute Gasteiger partial charge is 0.348 e. The van der Waals surface area contributed by atoms with Gasteiger partial charge < -0.3 is 14.8 Å². The van der Waals surface area contributed by atoms with E-state index in [1.54, 1.807) is 16.2 Å². The van der Waals surface area contributed by atoms with Crippen molar-refractivity contribution in [3.63, 3.8) is 0 Å². The maximum atomic E-state index is 13.1. The Morgan fingerprint density at radius 3 is 2.62 bits per heavy atom. The van der Waals surface area contributed by atoms with Crippen molar-refractivity contribution in [1.29, 1.82) is 0 Å². The molecule has 0 radical (unpaired) electrons. The van der Waals surface area contributed by atoms with Crippen LogP contribution in [0.3, 0.4) is 0 Å². The fourth-order valence-electron chi connectivity index (χ4n) is 4.17. The molecule has 3 aromatic rings. The number of fused-ring (bicyclic) bond motifs is 1. The van der Waals surface area contributed by atoms with E-state index in [1.807, 2.05) is 59.3 Å². The van der Waals surface area contributed by atoms with Crippen LogP contribution in [0.4, 0.5) is 5.69 Å². The van der Waals surface area contributed by atoms with Crippen molar-refractivity contribution in [2.45, 2.75) is 51.6 Å². The molecule has 0 bridgehead atoms. The number of carbonyl (C=O) groups excluding carboxylic acids is 2. The number of thiophene rings is 1. The van der Waals surface area contributed by atoms with Gasteiger partial charge in [-0.25, -0.2) is 0 Å². The van der Waals surface area contributed by atoms with Crippen molar-refractivity contribution in [3.05, 3.63) is 53.5 Å². The first-order valence-corrected chi connectivity index (χ1v) is 11.3. The minimum Gasteiger partial charge on any atom is -0.348 e. The molecule has 6 heteroatoms. The van der Waals surface area contributed by atoms with Gasteiger partial charge in [0.25, 0.3) is 5.91 Å². The molecule has 0 aliphatic heterocycles. The summed E-state index contributed by atoms with van der Waals surface area (Å²) in [5.74, 6) is -0.0926. The van der Waals surface area contributed by atoms with Gasteiger partial charge in [-0.15, -0.1) is 11.3 Å². The van der Waals surface area contributed by atoms with Crippen LogP contribution in [-0.4, -0.2) is 29.0 Å². The highest BCUT2D eigenvalue weighted by molar-refractivity contribution is 7.17. The molecular formula is C23H27N3O2S. The van der Waals surface area contributed by atoms with Crippen molar-refractivity contribution in [2.24, 2.45) is 0 Å². The van der Waals surface area contributed by atoms with Crippen LogP contribution >= 0.6 is 11.3 Å². The second kappa shape index (κ2) is 8.82. The Hall–Kier alpha value is -2.60. The first kappa shape index (κ1) is 19.7. The predicted molar refractivity (Wildman–Crippen MR) is 119 cm³/mol. The molecule has 4 rings (SSSR count). The minimum atomic E-state index is -0.0733. The molecule has 0 unspecified atom stereocenters. The van der Waals surface area contributed by atoms with Crippen molar-refractivity contribution < 1.29 is 9.59 Å². The summed E-state index contributed by atoms with van der Waals surface area (Å²) in [5.41, 5.74) is 2.40. The third-order valence-corrected chi connectivity index (χ3v) is 6.53. The van der Waals surface area contributed by atoms with Crippen LogP contribution < -0.4 is 10.2 Å². The van der Waals surface area contributed by atoms with E-state index in [1.165, 1.54) is 19.3 Å². The van der Waals surface area contributed by atoms with E-state index in [4.69, 9.17) is 0 Å². The number of aromatic nitrogens is 1. The number of benzene rings is 1. The first-order valence-electron chi connectivity index (χ1n) is 10.4. The molecule has 2 heterocycles. The number of rotatable bonds is 6. The van der Waals surface area contributed by atoms with Gasteiger partial charge >= 0.3 is 0 Å². The van der Waals surface area contributed by atoms with Crippen LogP contribution in [0.15, 0.2) is 47.8 Å². The molecule has 2 aromatic heterocycles. The summed E-state index contributed by atoms with van der Waals surface area (Å²) in [4.78, 5) is 28.0. The second-order valence-electron chi connectivity index (χ2n) is 7.57. The quantitative estimate of drug-likeness (QED) is 0.635. The molecule has 1 aromatic carbocycles. The molecule has 5 nitrogen and oxygen atoms in total. The highest BCUT2D eigenvalue weighted by atomic mass is 32.1. The molecule has 1 aliphatic rings. The molecule has 0 atom stereocenters. The molecular weight excluding hydrogens is 382 g/mol. The number of carbonyl (C=O) groups is 2. The molecule has 0 saturated heterocycles. The maximum absolute atomic E-state index is 13.1. The van der Waals surface area contributed by atoms with Gasteiger partial charge in [-0.1, -0.05) is 37.5 Å². The van der Waals surface area contributed by atoms with Crippen LogP contribution in [0.1, 0.15) is 49.5 Å². The minimum absolute atomic E-state index is 0.0193. The number of amides is 2. The number of hydrogen-bond acceptors (Lipinski definition) is 3. The molecule has 1 N–H and O–H groups in total. The molecule has 2 amide bonds. The average molecular weight is 410 g/mol. The predicted octanol–water partition coefficient (Wildman–Crippen LogP) is 4.82. The lowest BCUT2D eigenvalue weighted by Crippen LogP contribution is -2.38. The normalized spacial score (nSPS) is 14.8. The van der Waals surface area contributed by atoms with E-state index in [9.17, 15) is 9.59 Å². The fraction of sp³-hybridized carbons (Fsp3) is 0.391. The summed E-state index contributed by atoms with van der Waals surface area (Å²) in [6.45, 7) is 2.70. The van der Waals surface area contributed by atoms with E-state index in [0.717, 1.165) is 28.7 Å². The van der Waals surface area contributed by atoms with E-state index in [0.29, 0.717) is 12.2 Å². The number of anilines is 1. The van der Waals surface area contributed by atoms with E-state index >= 15 is 0 Å². The van der Waals surface area contributed by atoms with Crippen LogP contribution in [0, 0.1) is 0 Å². The Morgan fingerprint density at radius 1 is 1.14 bits per heavy atom. The molecule has 0 spiro atoms. The molecule has 29 heavy (non-hydrogen) atoms. The van der Waals surface area contributed by atoms with Gasteiger partial charge in [0.15, 0.2) is 0 Å². The topological polar surface area (TPSA) is 54.3 Å². The summed E-state index contributed by atoms with van der Waals surface area (Å²) in [7, 11) is 0. The Bertz CT molecular complexity index is 986. The van der Waals surface area contributed by atoms with Crippen LogP contribution in [0.5, 0.6) is 0 Å². The van der Waals surface area contributed by atoms with Crippen molar-refractivity contribution in [2.75, 3.05) is 11.4 Å². The Morgan fingerprint density at radius 2 is 1.90 bits per heavy atom. The van der Waals surface area contributed by atoms with Crippen molar-refractivity contribution in [1.82, 2.24) is 9.88 Å². The SMILES string of the molecule is CCN(C(=O)Cn1c(C(=O)NC2CCCCC2)cc2sccc21)c1ccccc1. The van der Waals surface area contributed by atoms with Crippen LogP contribution in [-0.2, 0) is 11.3 Å². The summed E-state index contributed by atoms with van der Waals surface area (Å²) >= 11 is 1.60. The number of para-hydroxylation sites is 1. The molecule has 1 saturated carbocycles. The van der Waals surface area contributed by atoms with Gasteiger partial charge in [0, 0.05) is 18.3 Å². The standard InChI is InChI=1S/C23H27N3O2S/c1-2-25(18-11-7-4-8-12-18)22(27)16-26-19-13-14-29-21(19)15-20(26)23(28)24-17-9-5-3-6-10-17/h4,7-8,11-15,17H,2-3,5-6,9-10,16H2,1H3,(H,24,28). The second-order valence-corrected chi connectivity index (χ2v) is 8.52. The third kappa shape index (κ3) is 4.22. The highest BCUT2D eigenvalue weighted by Crippen LogP contribution is 2.27. The summed E-state index contributed by atoms with van der Waals surface area (Å²) in [6, 6.07) is 13.8. The number of nitrogens with one attached hydrogen (secondary N) is 1. The Kier molecular flexibility index (Phi) is 6.00. The van der Waals surface area contributed by atoms with Gasteiger partial charge in [-0.3, -0.25) is 9.59 Å². The lowest BCUT2D eigenvalue weighted by molar-refractivity contribution is -0.119. The highest BCUT2D eigenvalue weighted by Gasteiger charge is 2.23. The lowest BCUT2D eigenvalue weighted by Gasteiger charge is -2.24. The van der Waals surface area contributed by atoms with Gasteiger partial charge in [0.05, 0.1) is 10.2 Å². The third-order valence-electron chi connectivity index (χ3n) is 5.67. The van der Waals surface area contributed by atoms with Crippen molar-refractivity contribution >= 4 is 39.1 Å². The molecule has 152 valence electrons. The fourth-order valence-corrected chi connectivity index (χ4v) is 5.00. The van der Waals surface area contributed by atoms with Crippen molar-refractivity contribution in [3.8, 4) is 0 Å². The monoisotopic (exact) mass is 409 g/mol. The number of hydrogen-bond donors (Lipinski definition) is 1. The number of nitrogens with zero attached hydrogens (tertiary/aromatic N) is 2. The molecule has 1 aliphatic carbocycles. The zero-order valence-corrected chi connectivity index (χ0v) is 17.6. The van der Waals surface area contributed by atoms with Gasteiger partial charge in [0.2, 0.25) is 5.91 Å². The Balaban J connectivity index is 1.59. The molecule has 1 fully saturated rings. The smallest absolute Gasteiger partial charge is 0.268 e. The van der Waals surface area contributed by atoms with Crippen LogP contribution in [0.2, 0.25) is 0 Å². The van der Waals surface area contributed by atoms with E-state index < -0.39 is 0 Å². The average Bonchev–Trinajstić information content (AvgIpc) is 3.33. The number of likely N-dealkylation sites (N-methyl/N-ethyl adjacent to an activating group) is 1. The maximum Gasteiger partial charge on any atom is 0.268 e. The zero-order chi connectivity index (χ0) is 20.2. The van der Waals surface area contributed by atoms with Gasteiger partial charge in [-0.05, 0) is 49.4 Å². The van der Waals surface area contributed by atoms with Gasteiger partial charge in [-0.2, -0.15) is 0 Å². The summed E-state index contributed by atoms with van der Waals surface area (Å²) in [6.07, 6.45) is 5.66.